The van der Waals surface area contributed by atoms with Crippen LogP contribution in [0.25, 0.3) is 0 Å². The van der Waals surface area contributed by atoms with Gasteiger partial charge in [-0.2, -0.15) is 0 Å². The lowest BCUT2D eigenvalue weighted by molar-refractivity contribution is -0.136. The summed E-state index contributed by atoms with van der Waals surface area (Å²) >= 11 is 5.84. The Labute approximate surface area is 117 Å². The van der Waals surface area contributed by atoms with Gasteiger partial charge in [0.2, 0.25) is 10.0 Å². The third-order valence-electron chi connectivity index (χ3n) is 2.61. The number of carboxylic acids is 1. The van der Waals surface area contributed by atoms with E-state index >= 15 is 0 Å². The van der Waals surface area contributed by atoms with E-state index in [-0.39, 0.29) is 0 Å². The van der Waals surface area contributed by atoms with Crippen LogP contribution in [0.5, 0.6) is 0 Å². The predicted molar refractivity (Wildman–Crippen MR) is 73.8 cm³/mol. The van der Waals surface area contributed by atoms with Gasteiger partial charge in [-0.25, -0.2) is 13.1 Å². The Bertz CT molecular complexity index is 559. The smallest absolute Gasteiger partial charge is 0.323 e. The van der Waals surface area contributed by atoms with Gasteiger partial charge in [0.1, 0.15) is 0 Å². The standard InChI is InChI=1S/C12H16ClNO4S/c1-8(6-10-4-3-5-11(13)7-10)14-19(17,18)9(2)12(15)16/h3-5,7-9,14H,6H2,1-2H3,(H,15,16). The highest BCUT2D eigenvalue weighted by Crippen LogP contribution is 2.13. The molecule has 0 aliphatic carbocycles. The van der Waals surface area contributed by atoms with Gasteiger partial charge in [-0.1, -0.05) is 23.7 Å². The van der Waals surface area contributed by atoms with E-state index in [0.717, 1.165) is 12.5 Å². The van der Waals surface area contributed by atoms with Crippen LogP contribution in [-0.4, -0.2) is 30.8 Å². The van der Waals surface area contributed by atoms with Crippen LogP contribution in [0.3, 0.4) is 0 Å². The fourth-order valence-corrected chi connectivity index (χ4v) is 2.90. The van der Waals surface area contributed by atoms with Gasteiger partial charge in [-0.15, -0.1) is 0 Å². The van der Waals surface area contributed by atoms with E-state index in [1.165, 1.54) is 0 Å². The maximum absolute atomic E-state index is 11.7. The molecule has 5 nitrogen and oxygen atoms in total. The van der Waals surface area contributed by atoms with Crippen molar-refractivity contribution < 1.29 is 18.3 Å². The Morgan fingerprint density at radius 1 is 1.42 bits per heavy atom. The average molecular weight is 306 g/mol. The minimum Gasteiger partial charge on any atom is -0.480 e. The first-order valence-corrected chi connectivity index (χ1v) is 7.63. The quantitative estimate of drug-likeness (QED) is 0.837. The average Bonchev–Trinajstić information content (AvgIpc) is 2.26. The van der Waals surface area contributed by atoms with Crippen LogP contribution < -0.4 is 4.72 Å². The Hall–Kier alpha value is -1.11. The first-order valence-electron chi connectivity index (χ1n) is 5.71. The van der Waals surface area contributed by atoms with Crippen molar-refractivity contribution in [2.24, 2.45) is 0 Å². The zero-order chi connectivity index (χ0) is 14.6. The molecule has 1 aromatic rings. The molecule has 0 fully saturated rings. The number of sulfonamides is 1. The summed E-state index contributed by atoms with van der Waals surface area (Å²) in [5, 5.41) is 7.82. The Morgan fingerprint density at radius 2 is 2.05 bits per heavy atom. The molecule has 1 aromatic carbocycles. The molecule has 0 spiro atoms. The summed E-state index contributed by atoms with van der Waals surface area (Å²) in [7, 11) is -3.87. The van der Waals surface area contributed by atoms with Crippen LogP contribution >= 0.6 is 11.6 Å². The van der Waals surface area contributed by atoms with Crippen molar-refractivity contribution in [3.8, 4) is 0 Å². The summed E-state index contributed by atoms with van der Waals surface area (Å²) < 4.78 is 25.8. The van der Waals surface area contributed by atoms with Crippen LogP contribution in [0.1, 0.15) is 19.4 Å². The van der Waals surface area contributed by atoms with E-state index in [2.05, 4.69) is 4.72 Å². The van der Waals surface area contributed by atoms with Crippen LogP contribution in [0.2, 0.25) is 5.02 Å². The molecule has 2 N–H and O–H groups in total. The second-order valence-corrected chi connectivity index (χ2v) is 6.85. The molecule has 19 heavy (non-hydrogen) atoms. The topological polar surface area (TPSA) is 83.5 Å². The van der Waals surface area contributed by atoms with Crippen molar-refractivity contribution in [2.75, 3.05) is 0 Å². The molecule has 7 heteroatoms. The van der Waals surface area contributed by atoms with Crippen LogP contribution in [0.15, 0.2) is 24.3 Å². The van der Waals surface area contributed by atoms with E-state index in [0.29, 0.717) is 11.4 Å². The minimum absolute atomic E-state index is 0.412. The fourth-order valence-electron chi connectivity index (χ4n) is 1.57. The molecule has 0 saturated carbocycles. The number of halogens is 1. The lowest BCUT2D eigenvalue weighted by atomic mass is 10.1. The van der Waals surface area contributed by atoms with Crippen molar-refractivity contribution in [1.29, 1.82) is 0 Å². The van der Waals surface area contributed by atoms with Crippen molar-refractivity contribution in [2.45, 2.75) is 31.6 Å². The molecule has 0 radical (unpaired) electrons. The molecule has 1 rings (SSSR count). The number of rotatable bonds is 6. The van der Waals surface area contributed by atoms with E-state index in [1.54, 1.807) is 25.1 Å². The van der Waals surface area contributed by atoms with E-state index in [1.807, 2.05) is 6.07 Å². The van der Waals surface area contributed by atoms with Crippen molar-refractivity contribution in [3.05, 3.63) is 34.9 Å². The van der Waals surface area contributed by atoms with Gasteiger partial charge in [0.15, 0.2) is 5.25 Å². The van der Waals surface area contributed by atoms with E-state index < -0.39 is 27.3 Å². The number of carboxylic acid groups (broad SMARTS) is 1. The zero-order valence-corrected chi connectivity index (χ0v) is 12.2. The molecule has 2 atom stereocenters. The third-order valence-corrected chi connectivity index (χ3v) is 4.71. The molecule has 0 amide bonds. The number of benzene rings is 1. The van der Waals surface area contributed by atoms with Crippen molar-refractivity contribution in [3.63, 3.8) is 0 Å². The Kier molecular flexibility index (Phi) is 5.34. The van der Waals surface area contributed by atoms with Gasteiger partial charge in [-0.05, 0) is 38.0 Å². The van der Waals surface area contributed by atoms with Gasteiger partial charge >= 0.3 is 5.97 Å². The first kappa shape index (κ1) is 15.9. The molecular formula is C12H16ClNO4S. The maximum Gasteiger partial charge on any atom is 0.323 e. The summed E-state index contributed by atoms with van der Waals surface area (Å²) in [5.41, 5.74) is 0.880. The largest absolute Gasteiger partial charge is 0.480 e. The molecule has 2 unspecified atom stereocenters. The second-order valence-electron chi connectivity index (χ2n) is 4.38. The lowest BCUT2D eigenvalue weighted by Crippen LogP contribution is -2.42. The first-order chi connectivity index (χ1) is 8.72. The number of aliphatic carboxylic acids is 1. The SMILES string of the molecule is CC(Cc1cccc(Cl)c1)NS(=O)(=O)C(C)C(=O)O. The van der Waals surface area contributed by atoms with Gasteiger partial charge in [0.25, 0.3) is 0 Å². The molecule has 0 bridgehead atoms. The molecule has 0 aromatic heterocycles. The molecule has 0 aliphatic heterocycles. The van der Waals surface area contributed by atoms with Crippen molar-refractivity contribution >= 4 is 27.6 Å². The molecule has 106 valence electrons. The summed E-state index contributed by atoms with van der Waals surface area (Å²) in [6.07, 6.45) is 0.437. The van der Waals surface area contributed by atoms with Gasteiger partial charge in [0.05, 0.1) is 0 Å². The van der Waals surface area contributed by atoms with Gasteiger partial charge < -0.3 is 5.11 Å². The number of nitrogens with one attached hydrogen (secondary N) is 1. The highest BCUT2D eigenvalue weighted by molar-refractivity contribution is 7.90. The second kappa shape index (κ2) is 6.36. The lowest BCUT2D eigenvalue weighted by Gasteiger charge is -2.16. The van der Waals surface area contributed by atoms with Gasteiger partial charge in [0, 0.05) is 11.1 Å². The summed E-state index contributed by atoms with van der Waals surface area (Å²) in [5.74, 6) is -1.37. The highest BCUT2D eigenvalue weighted by Gasteiger charge is 2.28. The Balaban J connectivity index is 2.70. The molecule has 0 aliphatic rings. The molecular weight excluding hydrogens is 290 g/mol. The van der Waals surface area contributed by atoms with Crippen LogP contribution in [-0.2, 0) is 21.2 Å². The third kappa shape index (κ3) is 4.81. The number of hydrogen-bond donors (Lipinski definition) is 2. The molecule has 0 heterocycles. The summed E-state index contributed by atoms with van der Waals surface area (Å²) in [6, 6.07) is 6.67. The summed E-state index contributed by atoms with van der Waals surface area (Å²) in [6.45, 7) is 2.81. The highest BCUT2D eigenvalue weighted by atomic mass is 35.5. The normalized spacial score (nSPS) is 14.9. The van der Waals surface area contributed by atoms with E-state index in [4.69, 9.17) is 16.7 Å². The Morgan fingerprint density at radius 3 is 2.58 bits per heavy atom. The fraction of sp³-hybridized carbons (Fsp3) is 0.417. The number of carbonyl (C=O) groups is 1. The molecule has 0 saturated heterocycles. The number of hydrogen-bond acceptors (Lipinski definition) is 3. The van der Waals surface area contributed by atoms with Gasteiger partial charge in [-0.3, -0.25) is 4.79 Å². The van der Waals surface area contributed by atoms with Crippen LogP contribution in [0.4, 0.5) is 0 Å². The van der Waals surface area contributed by atoms with Crippen molar-refractivity contribution in [1.82, 2.24) is 4.72 Å². The zero-order valence-electron chi connectivity index (χ0n) is 10.6. The van der Waals surface area contributed by atoms with Crippen LogP contribution in [0, 0.1) is 0 Å². The predicted octanol–water partition coefficient (Wildman–Crippen LogP) is 1.66. The minimum atomic E-state index is -3.87. The monoisotopic (exact) mass is 305 g/mol. The summed E-state index contributed by atoms with van der Waals surface area (Å²) in [4.78, 5) is 10.7. The maximum atomic E-state index is 11.7. The van der Waals surface area contributed by atoms with E-state index in [9.17, 15) is 13.2 Å².